The summed E-state index contributed by atoms with van der Waals surface area (Å²) in [4.78, 5) is 15.7. The molecular formula is C14H23N3O. The third kappa shape index (κ3) is 2.94. The third-order valence-electron chi connectivity index (χ3n) is 2.96. The average Bonchev–Trinajstić information content (AvgIpc) is 2.31. The number of rotatable bonds is 4. The molecule has 1 aromatic rings. The fourth-order valence-corrected chi connectivity index (χ4v) is 2.00. The van der Waals surface area contributed by atoms with Gasteiger partial charge in [-0.3, -0.25) is 4.79 Å². The maximum Gasteiger partial charge on any atom is 0.253 e. The minimum absolute atomic E-state index is 0.00365. The van der Waals surface area contributed by atoms with E-state index in [0.29, 0.717) is 17.3 Å². The number of benzene rings is 1. The molecule has 18 heavy (non-hydrogen) atoms. The molecule has 0 heterocycles. The summed E-state index contributed by atoms with van der Waals surface area (Å²) in [6.45, 7) is 7.17. The van der Waals surface area contributed by atoms with Crippen LogP contribution in [0.5, 0.6) is 0 Å². The van der Waals surface area contributed by atoms with E-state index in [1.165, 1.54) is 0 Å². The Morgan fingerprint density at radius 3 is 2.39 bits per heavy atom. The highest BCUT2D eigenvalue weighted by atomic mass is 16.2. The second-order valence-corrected chi connectivity index (χ2v) is 4.85. The van der Waals surface area contributed by atoms with Gasteiger partial charge in [-0.15, -0.1) is 0 Å². The quantitative estimate of drug-likeness (QED) is 0.832. The third-order valence-corrected chi connectivity index (χ3v) is 2.96. The molecule has 0 aromatic heterocycles. The molecule has 4 nitrogen and oxygen atoms in total. The Hall–Kier alpha value is -1.71. The second kappa shape index (κ2) is 5.76. The second-order valence-electron chi connectivity index (χ2n) is 4.85. The number of carbonyl (C=O) groups excluding carboxylic acids is 1. The minimum atomic E-state index is -0.00365. The predicted molar refractivity (Wildman–Crippen MR) is 77.0 cm³/mol. The number of nitrogen functional groups attached to an aromatic ring is 1. The van der Waals surface area contributed by atoms with Crippen molar-refractivity contribution in [2.45, 2.75) is 26.8 Å². The van der Waals surface area contributed by atoms with E-state index in [4.69, 9.17) is 5.73 Å². The highest BCUT2D eigenvalue weighted by Crippen LogP contribution is 2.26. The van der Waals surface area contributed by atoms with E-state index in [0.717, 1.165) is 12.2 Å². The predicted octanol–water partition coefficient (Wildman–Crippen LogP) is 2.21. The number of hydrogen-bond acceptors (Lipinski definition) is 3. The van der Waals surface area contributed by atoms with Gasteiger partial charge in [0, 0.05) is 32.2 Å². The summed E-state index contributed by atoms with van der Waals surface area (Å²) in [6, 6.07) is 5.80. The largest absolute Gasteiger partial charge is 0.397 e. The molecule has 1 aromatic carbocycles. The molecule has 0 aliphatic heterocycles. The highest BCUT2D eigenvalue weighted by Gasteiger charge is 2.15. The van der Waals surface area contributed by atoms with Crippen LogP contribution in [0.25, 0.3) is 0 Å². The molecule has 0 atom stereocenters. The monoisotopic (exact) mass is 249 g/mol. The van der Waals surface area contributed by atoms with Gasteiger partial charge in [-0.05, 0) is 39.0 Å². The Bertz CT molecular complexity index is 427. The summed E-state index contributed by atoms with van der Waals surface area (Å²) in [5.41, 5.74) is 8.32. The zero-order valence-corrected chi connectivity index (χ0v) is 11.9. The molecular weight excluding hydrogens is 226 g/mol. The van der Waals surface area contributed by atoms with E-state index in [-0.39, 0.29) is 5.91 Å². The van der Waals surface area contributed by atoms with Crippen molar-refractivity contribution >= 4 is 17.3 Å². The molecule has 0 saturated carbocycles. The first-order valence-electron chi connectivity index (χ1n) is 6.26. The summed E-state index contributed by atoms with van der Waals surface area (Å²) in [6.07, 6.45) is 0. The summed E-state index contributed by atoms with van der Waals surface area (Å²) < 4.78 is 0. The number of hydrogen-bond donors (Lipinski definition) is 1. The van der Waals surface area contributed by atoms with Crippen LogP contribution >= 0.6 is 0 Å². The van der Waals surface area contributed by atoms with Crippen molar-refractivity contribution in [1.29, 1.82) is 0 Å². The zero-order chi connectivity index (χ0) is 13.9. The molecule has 0 spiro atoms. The number of anilines is 2. The molecule has 0 bridgehead atoms. The maximum atomic E-state index is 12.0. The van der Waals surface area contributed by atoms with Gasteiger partial charge in [0.15, 0.2) is 0 Å². The number of amides is 1. The molecule has 1 rings (SSSR count). The van der Waals surface area contributed by atoms with Crippen molar-refractivity contribution in [3.8, 4) is 0 Å². The van der Waals surface area contributed by atoms with Gasteiger partial charge in [0.05, 0.1) is 11.4 Å². The Balaban J connectivity index is 3.19. The van der Waals surface area contributed by atoms with Gasteiger partial charge in [-0.2, -0.15) is 0 Å². The van der Waals surface area contributed by atoms with E-state index < -0.39 is 0 Å². The Morgan fingerprint density at radius 1 is 1.33 bits per heavy atom. The van der Waals surface area contributed by atoms with Crippen LogP contribution < -0.4 is 10.6 Å². The lowest BCUT2D eigenvalue weighted by Gasteiger charge is -2.29. The summed E-state index contributed by atoms with van der Waals surface area (Å²) >= 11 is 0. The number of carbonyl (C=O) groups is 1. The van der Waals surface area contributed by atoms with Crippen LogP contribution in [0.3, 0.4) is 0 Å². The van der Waals surface area contributed by atoms with Crippen LogP contribution in [-0.2, 0) is 0 Å². The van der Waals surface area contributed by atoms with Gasteiger partial charge in [-0.25, -0.2) is 0 Å². The minimum Gasteiger partial charge on any atom is -0.397 e. The lowest BCUT2D eigenvalue weighted by molar-refractivity contribution is 0.0827. The van der Waals surface area contributed by atoms with E-state index in [2.05, 4.69) is 25.7 Å². The lowest BCUT2D eigenvalue weighted by Crippen LogP contribution is -2.31. The fraction of sp³-hybridized carbons (Fsp3) is 0.500. The molecule has 100 valence electrons. The standard InChI is InChI=1S/C14H23N3O/c1-6-17(10(2)3)13-9-11(7-8-12(13)15)14(18)16(4)5/h7-10H,6,15H2,1-5H3. The maximum absolute atomic E-state index is 12.0. The lowest BCUT2D eigenvalue weighted by atomic mass is 10.1. The van der Waals surface area contributed by atoms with E-state index in [1.807, 2.05) is 6.07 Å². The summed E-state index contributed by atoms with van der Waals surface area (Å²) in [5.74, 6) is -0.00365. The van der Waals surface area contributed by atoms with Crippen molar-refractivity contribution in [1.82, 2.24) is 4.90 Å². The molecule has 0 aliphatic carbocycles. The summed E-state index contributed by atoms with van der Waals surface area (Å²) in [7, 11) is 3.50. The number of nitrogens with zero attached hydrogens (tertiary/aromatic N) is 2. The first-order valence-corrected chi connectivity index (χ1v) is 6.26. The van der Waals surface area contributed by atoms with Crippen LogP contribution in [0, 0.1) is 0 Å². The van der Waals surface area contributed by atoms with Crippen LogP contribution in [-0.4, -0.2) is 37.5 Å². The van der Waals surface area contributed by atoms with Gasteiger partial charge < -0.3 is 15.5 Å². The Morgan fingerprint density at radius 2 is 1.94 bits per heavy atom. The number of nitrogens with two attached hydrogens (primary N) is 1. The molecule has 0 aliphatic rings. The van der Waals surface area contributed by atoms with Gasteiger partial charge in [0.2, 0.25) is 0 Å². The van der Waals surface area contributed by atoms with Gasteiger partial charge in [-0.1, -0.05) is 0 Å². The van der Waals surface area contributed by atoms with Crippen molar-refractivity contribution in [3.63, 3.8) is 0 Å². The fourth-order valence-electron chi connectivity index (χ4n) is 2.00. The van der Waals surface area contributed by atoms with Crippen LogP contribution in [0.1, 0.15) is 31.1 Å². The van der Waals surface area contributed by atoms with Gasteiger partial charge in [0.1, 0.15) is 0 Å². The van der Waals surface area contributed by atoms with E-state index in [9.17, 15) is 4.79 Å². The van der Waals surface area contributed by atoms with Crippen molar-refractivity contribution in [3.05, 3.63) is 23.8 Å². The van der Waals surface area contributed by atoms with E-state index in [1.54, 1.807) is 31.1 Å². The molecule has 0 unspecified atom stereocenters. The van der Waals surface area contributed by atoms with Gasteiger partial charge >= 0.3 is 0 Å². The average molecular weight is 249 g/mol. The molecule has 0 fully saturated rings. The van der Waals surface area contributed by atoms with Gasteiger partial charge in [0.25, 0.3) is 5.91 Å². The topological polar surface area (TPSA) is 49.6 Å². The van der Waals surface area contributed by atoms with Crippen LogP contribution in [0.15, 0.2) is 18.2 Å². The van der Waals surface area contributed by atoms with Crippen LogP contribution in [0.4, 0.5) is 11.4 Å². The molecule has 0 saturated heterocycles. The van der Waals surface area contributed by atoms with Crippen molar-refractivity contribution in [2.24, 2.45) is 0 Å². The van der Waals surface area contributed by atoms with Crippen molar-refractivity contribution < 1.29 is 4.79 Å². The normalized spacial score (nSPS) is 10.6. The molecule has 2 N–H and O–H groups in total. The zero-order valence-electron chi connectivity index (χ0n) is 11.9. The summed E-state index contributed by atoms with van der Waals surface area (Å²) in [5, 5.41) is 0. The smallest absolute Gasteiger partial charge is 0.253 e. The SMILES string of the molecule is CCN(c1cc(C(=O)N(C)C)ccc1N)C(C)C. The molecule has 4 heteroatoms. The Labute approximate surface area is 109 Å². The van der Waals surface area contributed by atoms with Crippen molar-refractivity contribution in [2.75, 3.05) is 31.3 Å². The van der Waals surface area contributed by atoms with Crippen LogP contribution in [0.2, 0.25) is 0 Å². The molecule has 0 radical (unpaired) electrons. The Kier molecular flexibility index (Phi) is 4.59. The first-order chi connectivity index (χ1) is 8.38. The first kappa shape index (κ1) is 14.4. The molecule has 1 amide bonds. The van der Waals surface area contributed by atoms with E-state index >= 15 is 0 Å². The highest BCUT2D eigenvalue weighted by molar-refractivity contribution is 5.96.